The molecule has 0 aliphatic heterocycles. The molecule has 13 aromatic carbocycles. The summed E-state index contributed by atoms with van der Waals surface area (Å²) in [6, 6.07) is 112. The smallest absolute Gasteiger partial charge is 0.0625 e. The Kier molecular flexibility index (Phi) is 11.1. The van der Waals surface area contributed by atoms with Crippen LogP contribution in [0.25, 0.3) is 116 Å². The van der Waals surface area contributed by atoms with Gasteiger partial charge in [0, 0.05) is 44.3 Å². The van der Waals surface area contributed by atoms with E-state index in [2.05, 4.69) is 307 Å². The molecule has 0 atom stereocenters. The number of para-hydroxylation sites is 2. The molecule has 2 heteroatoms. The second-order valence-corrected chi connectivity index (χ2v) is 19.5. The van der Waals surface area contributed by atoms with E-state index in [1.165, 1.54) is 66.0 Å². The van der Waals surface area contributed by atoms with Gasteiger partial charge in [-0.2, -0.15) is 0 Å². The normalized spacial score (nSPS) is 11.3. The molecule has 0 N–H and O–H groups in total. The number of fused-ring (bicyclic) bond motifs is 6. The number of hydrogen-bond acceptors (Lipinski definition) is 1. The van der Waals surface area contributed by atoms with Crippen molar-refractivity contribution >= 4 is 60.4 Å². The summed E-state index contributed by atoms with van der Waals surface area (Å²) in [5, 5.41) is 7.14. The van der Waals surface area contributed by atoms with Gasteiger partial charge in [0.05, 0.1) is 11.0 Å². The van der Waals surface area contributed by atoms with E-state index in [0.717, 1.165) is 66.9 Å². The highest BCUT2D eigenvalue weighted by molar-refractivity contribution is 6.24. The van der Waals surface area contributed by atoms with Crippen molar-refractivity contribution in [3.8, 4) is 72.4 Å². The molecular weight excluding hydrogens is 917 g/mol. The maximum Gasteiger partial charge on any atom is 0.0625 e. The highest BCUT2D eigenvalue weighted by Crippen LogP contribution is 2.45. The van der Waals surface area contributed by atoms with Crippen LogP contribution in [0.2, 0.25) is 0 Å². The van der Waals surface area contributed by atoms with Gasteiger partial charge in [-0.1, -0.05) is 212 Å². The van der Waals surface area contributed by atoms with Gasteiger partial charge >= 0.3 is 0 Å². The minimum atomic E-state index is 1.06. The van der Waals surface area contributed by atoms with Crippen LogP contribution in [0.15, 0.2) is 291 Å². The predicted octanol–water partition coefficient (Wildman–Crippen LogP) is 20.2. The molecule has 0 saturated carbocycles. The summed E-state index contributed by atoms with van der Waals surface area (Å²) < 4.78 is 2.45. The lowest BCUT2D eigenvalue weighted by Crippen LogP contribution is -2.10. The molecule has 14 rings (SSSR count). The fourth-order valence-corrected chi connectivity index (χ4v) is 11.3. The fourth-order valence-electron chi connectivity index (χ4n) is 11.3. The molecule has 0 saturated heterocycles. The highest BCUT2D eigenvalue weighted by atomic mass is 15.1. The minimum Gasteiger partial charge on any atom is -0.310 e. The summed E-state index contributed by atoms with van der Waals surface area (Å²) in [7, 11) is 0. The van der Waals surface area contributed by atoms with Crippen molar-refractivity contribution in [2.75, 3.05) is 4.90 Å². The third kappa shape index (κ3) is 8.05. The Morgan fingerprint density at radius 2 is 0.803 bits per heavy atom. The van der Waals surface area contributed by atoms with Crippen LogP contribution in [-0.4, -0.2) is 4.57 Å². The van der Waals surface area contributed by atoms with Crippen molar-refractivity contribution in [1.29, 1.82) is 0 Å². The molecule has 0 unspecified atom stereocenters. The summed E-state index contributed by atoms with van der Waals surface area (Å²) >= 11 is 0. The van der Waals surface area contributed by atoms with Crippen LogP contribution in [0.5, 0.6) is 0 Å². The molecule has 1 heterocycles. The third-order valence-corrected chi connectivity index (χ3v) is 15.0. The van der Waals surface area contributed by atoms with Crippen LogP contribution in [0, 0.1) is 12.1 Å². The van der Waals surface area contributed by atoms with Crippen molar-refractivity contribution < 1.29 is 0 Å². The van der Waals surface area contributed by atoms with Crippen LogP contribution in [0.1, 0.15) is 0 Å². The number of aromatic nitrogens is 1. The summed E-state index contributed by atoms with van der Waals surface area (Å²) in [6.07, 6.45) is 0. The average molecular weight is 965 g/mol. The third-order valence-electron chi connectivity index (χ3n) is 15.0. The van der Waals surface area contributed by atoms with E-state index in [1.54, 1.807) is 0 Å². The number of nitrogens with zero attached hydrogens (tertiary/aromatic N) is 2. The lowest BCUT2D eigenvalue weighted by atomic mass is 9.93. The maximum atomic E-state index is 3.35. The van der Waals surface area contributed by atoms with Crippen molar-refractivity contribution in [2.24, 2.45) is 0 Å². The number of benzene rings is 12. The van der Waals surface area contributed by atoms with E-state index in [9.17, 15) is 0 Å². The zero-order chi connectivity index (χ0) is 50.4. The first-order chi connectivity index (χ1) is 37.7. The Balaban J connectivity index is 0.901. The van der Waals surface area contributed by atoms with Gasteiger partial charge in [-0.05, 0) is 169 Å². The molecule has 14 aromatic rings. The van der Waals surface area contributed by atoms with Crippen molar-refractivity contribution in [2.45, 2.75) is 0 Å². The predicted molar refractivity (Wildman–Crippen MR) is 321 cm³/mol. The molecule has 354 valence electrons. The number of rotatable bonds is 10. The largest absolute Gasteiger partial charge is 0.310 e. The van der Waals surface area contributed by atoms with Gasteiger partial charge in [0.2, 0.25) is 0 Å². The van der Waals surface area contributed by atoms with Gasteiger partial charge < -0.3 is 9.47 Å². The van der Waals surface area contributed by atoms with Gasteiger partial charge in [0.15, 0.2) is 0 Å². The van der Waals surface area contributed by atoms with Gasteiger partial charge in [-0.25, -0.2) is 0 Å². The molecular formula is C74H48N2. The zero-order valence-electron chi connectivity index (χ0n) is 41.6. The molecule has 0 aliphatic rings. The van der Waals surface area contributed by atoms with Crippen molar-refractivity contribution in [3.05, 3.63) is 303 Å². The topological polar surface area (TPSA) is 8.17 Å². The van der Waals surface area contributed by atoms with Crippen LogP contribution >= 0.6 is 0 Å². The standard InChI is InChI=1S/C74H48N2/c1-4-18-51(19-5-1)60-46-61(52-20-6-2-7-21-52)48-62(47-60)55-40-44-65(45-41-55)75(64-42-38-54(39-43-64)53-34-36-57(37-35-53)68-32-17-24-56-22-10-12-29-67(56)68)66-28-16-25-58(49-66)71-50-59-23-11-13-30-69(59)74-73(71)70-31-14-15-33-72(70)76(74)63-26-8-3-9-27-63/h1-11,13-28,30-50H. The Hall–Kier alpha value is -10.2. The SMILES string of the molecule is c1ccc2cccc(-c3ccc(-c4ccc(N(c5ccc(-c6cc(-c7ccccc7)cc(-c7ccccc7)c6)cc5)c5cccc(-c6cc7ccccc7c7c6c6ccccc6n7-c6ccccc6)c5)cc4)cc3)c2c#1. The molecule has 0 aliphatic carbocycles. The van der Waals surface area contributed by atoms with E-state index in [0.29, 0.717) is 0 Å². The summed E-state index contributed by atoms with van der Waals surface area (Å²) in [5.74, 6) is 0. The summed E-state index contributed by atoms with van der Waals surface area (Å²) in [5.41, 5.74) is 20.8. The average Bonchev–Trinajstić information content (AvgIpc) is 4.00. The van der Waals surface area contributed by atoms with Crippen molar-refractivity contribution in [3.63, 3.8) is 0 Å². The lowest BCUT2D eigenvalue weighted by Gasteiger charge is -2.26. The van der Waals surface area contributed by atoms with Crippen molar-refractivity contribution in [1.82, 2.24) is 4.57 Å². The molecule has 2 nitrogen and oxygen atoms in total. The van der Waals surface area contributed by atoms with Crippen LogP contribution in [0.3, 0.4) is 0 Å². The zero-order valence-corrected chi connectivity index (χ0v) is 41.6. The van der Waals surface area contributed by atoms with Crippen LogP contribution < -0.4 is 4.90 Å². The molecule has 0 radical (unpaired) electrons. The van der Waals surface area contributed by atoms with Gasteiger partial charge in [-0.3, -0.25) is 0 Å². The van der Waals surface area contributed by atoms with Gasteiger partial charge in [0.1, 0.15) is 0 Å². The molecule has 0 spiro atoms. The summed E-state index contributed by atoms with van der Waals surface area (Å²) in [4.78, 5) is 2.40. The van der Waals surface area contributed by atoms with E-state index in [-0.39, 0.29) is 0 Å². The van der Waals surface area contributed by atoms with E-state index < -0.39 is 0 Å². The first-order valence-electron chi connectivity index (χ1n) is 26.0. The van der Waals surface area contributed by atoms with E-state index >= 15 is 0 Å². The Morgan fingerprint density at radius 1 is 0.303 bits per heavy atom. The van der Waals surface area contributed by atoms with E-state index in [4.69, 9.17) is 0 Å². The van der Waals surface area contributed by atoms with Gasteiger partial charge in [0.25, 0.3) is 0 Å². The maximum absolute atomic E-state index is 3.35. The Labute approximate surface area is 443 Å². The molecule has 76 heavy (non-hydrogen) atoms. The molecule has 0 amide bonds. The van der Waals surface area contributed by atoms with Gasteiger partial charge in [-0.15, -0.1) is 0 Å². The first-order valence-corrected chi connectivity index (χ1v) is 26.0. The lowest BCUT2D eigenvalue weighted by molar-refractivity contribution is 1.19. The highest BCUT2D eigenvalue weighted by Gasteiger charge is 2.21. The Bertz CT molecular complexity index is 4340. The monoisotopic (exact) mass is 964 g/mol. The molecule has 0 fully saturated rings. The Morgan fingerprint density at radius 3 is 1.46 bits per heavy atom. The molecule has 0 bridgehead atoms. The van der Waals surface area contributed by atoms with Crippen LogP contribution in [-0.2, 0) is 0 Å². The first kappa shape index (κ1) is 44.5. The number of hydrogen-bond donors (Lipinski definition) is 0. The molecule has 1 aromatic heterocycles. The fraction of sp³-hybridized carbons (Fsp3) is 0. The quantitative estimate of drug-likeness (QED) is 0.133. The second kappa shape index (κ2) is 19.0. The van der Waals surface area contributed by atoms with E-state index in [1.807, 2.05) is 6.07 Å². The minimum absolute atomic E-state index is 1.06. The summed E-state index contributed by atoms with van der Waals surface area (Å²) in [6.45, 7) is 0. The second-order valence-electron chi connectivity index (χ2n) is 19.5. The van der Waals surface area contributed by atoms with Crippen LogP contribution in [0.4, 0.5) is 17.1 Å². The number of anilines is 3.